The van der Waals surface area contributed by atoms with Crippen LogP contribution in [0.4, 0.5) is 4.79 Å². The molecule has 0 unspecified atom stereocenters. The van der Waals surface area contributed by atoms with Gasteiger partial charge >= 0.3 is 6.03 Å². The van der Waals surface area contributed by atoms with Crippen molar-refractivity contribution in [2.75, 3.05) is 20.1 Å². The van der Waals surface area contributed by atoms with Crippen LogP contribution >= 0.6 is 0 Å². The lowest BCUT2D eigenvalue weighted by molar-refractivity contribution is 0.184. The molecular formula is C7H15N3O. The van der Waals surface area contributed by atoms with E-state index in [1.807, 2.05) is 0 Å². The topological polar surface area (TPSA) is 58.4 Å². The second-order valence-electron chi connectivity index (χ2n) is 2.88. The molecule has 1 fully saturated rings. The predicted molar refractivity (Wildman–Crippen MR) is 43.2 cm³/mol. The molecule has 1 heterocycles. The van der Waals surface area contributed by atoms with Crippen LogP contribution in [0.5, 0.6) is 0 Å². The minimum atomic E-state index is 0.0110. The van der Waals surface area contributed by atoms with Crippen molar-refractivity contribution in [3.05, 3.63) is 0 Å². The molecular weight excluding hydrogens is 142 g/mol. The van der Waals surface area contributed by atoms with E-state index in [0.717, 1.165) is 25.9 Å². The molecule has 0 aromatic rings. The Labute approximate surface area is 66.7 Å². The molecule has 0 atom stereocenters. The molecule has 0 radical (unpaired) electrons. The van der Waals surface area contributed by atoms with E-state index in [2.05, 4.69) is 5.32 Å². The summed E-state index contributed by atoms with van der Waals surface area (Å²) in [6.45, 7) is 1.58. The fraction of sp³-hybridized carbons (Fsp3) is 0.857. The van der Waals surface area contributed by atoms with Gasteiger partial charge in [-0.05, 0) is 12.8 Å². The summed E-state index contributed by atoms with van der Waals surface area (Å²) < 4.78 is 0. The molecule has 1 saturated heterocycles. The van der Waals surface area contributed by atoms with Gasteiger partial charge in [0, 0.05) is 26.2 Å². The number of hydrogen-bond acceptors (Lipinski definition) is 2. The first-order valence-electron chi connectivity index (χ1n) is 3.96. The Kier molecular flexibility index (Phi) is 2.70. The van der Waals surface area contributed by atoms with E-state index in [-0.39, 0.29) is 12.1 Å². The zero-order chi connectivity index (χ0) is 8.27. The smallest absolute Gasteiger partial charge is 0.317 e. The summed E-state index contributed by atoms with van der Waals surface area (Å²) in [5.41, 5.74) is 5.68. The quantitative estimate of drug-likeness (QED) is 0.509. The van der Waals surface area contributed by atoms with Crippen LogP contribution in [0.25, 0.3) is 0 Å². The zero-order valence-corrected chi connectivity index (χ0v) is 6.84. The number of piperidine rings is 1. The lowest BCUT2D eigenvalue weighted by Gasteiger charge is -2.29. The SMILES string of the molecule is CNC(=O)N1CCC(N)CC1. The molecule has 11 heavy (non-hydrogen) atoms. The Morgan fingerprint density at radius 3 is 2.55 bits per heavy atom. The molecule has 0 aromatic heterocycles. The first-order chi connectivity index (χ1) is 5.24. The molecule has 1 aliphatic rings. The Morgan fingerprint density at radius 2 is 2.09 bits per heavy atom. The summed E-state index contributed by atoms with van der Waals surface area (Å²) in [6.07, 6.45) is 1.85. The Balaban J connectivity index is 2.33. The van der Waals surface area contributed by atoms with Gasteiger partial charge in [0.05, 0.1) is 0 Å². The summed E-state index contributed by atoms with van der Waals surface area (Å²) in [7, 11) is 1.65. The van der Waals surface area contributed by atoms with Crippen molar-refractivity contribution in [2.24, 2.45) is 5.73 Å². The first-order valence-corrected chi connectivity index (χ1v) is 3.96. The van der Waals surface area contributed by atoms with Crippen LogP contribution in [0, 0.1) is 0 Å². The summed E-state index contributed by atoms with van der Waals surface area (Å²) in [5.74, 6) is 0. The van der Waals surface area contributed by atoms with Gasteiger partial charge in [0.2, 0.25) is 0 Å². The fourth-order valence-corrected chi connectivity index (χ4v) is 1.26. The third-order valence-corrected chi connectivity index (χ3v) is 2.04. The fourth-order valence-electron chi connectivity index (χ4n) is 1.26. The summed E-state index contributed by atoms with van der Waals surface area (Å²) in [6, 6.07) is 0.299. The second-order valence-corrected chi connectivity index (χ2v) is 2.88. The van der Waals surface area contributed by atoms with Crippen LogP contribution < -0.4 is 11.1 Å². The average molecular weight is 157 g/mol. The maximum Gasteiger partial charge on any atom is 0.317 e. The highest BCUT2D eigenvalue weighted by Gasteiger charge is 2.18. The van der Waals surface area contributed by atoms with Crippen molar-refractivity contribution in [1.82, 2.24) is 10.2 Å². The number of likely N-dealkylation sites (tertiary alicyclic amines) is 1. The van der Waals surface area contributed by atoms with E-state index >= 15 is 0 Å². The maximum atomic E-state index is 11.0. The van der Waals surface area contributed by atoms with Crippen molar-refractivity contribution in [3.63, 3.8) is 0 Å². The molecule has 1 aliphatic heterocycles. The third kappa shape index (κ3) is 2.08. The van der Waals surface area contributed by atoms with Crippen molar-refractivity contribution in [2.45, 2.75) is 18.9 Å². The zero-order valence-electron chi connectivity index (χ0n) is 6.84. The van der Waals surface area contributed by atoms with Crippen LogP contribution in [0.3, 0.4) is 0 Å². The molecule has 0 spiro atoms. The van der Waals surface area contributed by atoms with Gasteiger partial charge < -0.3 is 16.0 Å². The number of urea groups is 1. The minimum absolute atomic E-state index is 0.0110. The van der Waals surface area contributed by atoms with Crippen LogP contribution in [0.2, 0.25) is 0 Å². The van der Waals surface area contributed by atoms with Gasteiger partial charge in [-0.25, -0.2) is 4.79 Å². The highest BCUT2D eigenvalue weighted by Crippen LogP contribution is 2.07. The first kappa shape index (κ1) is 8.33. The lowest BCUT2D eigenvalue weighted by Crippen LogP contribution is -2.46. The van der Waals surface area contributed by atoms with Gasteiger partial charge in [0.1, 0.15) is 0 Å². The van der Waals surface area contributed by atoms with Crippen molar-refractivity contribution in [3.8, 4) is 0 Å². The van der Waals surface area contributed by atoms with Crippen molar-refractivity contribution < 1.29 is 4.79 Å². The van der Waals surface area contributed by atoms with E-state index in [9.17, 15) is 4.79 Å². The molecule has 0 saturated carbocycles. The maximum absolute atomic E-state index is 11.0. The third-order valence-electron chi connectivity index (χ3n) is 2.04. The molecule has 2 amide bonds. The summed E-state index contributed by atoms with van der Waals surface area (Å²) >= 11 is 0. The molecule has 64 valence electrons. The monoisotopic (exact) mass is 157 g/mol. The van der Waals surface area contributed by atoms with Gasteiger partial charge in [-0.3, -0.25) is 0 Å². The standard InChI is InChI=1S/C7H15N3O/c1-9-7(11)10-4-2-6(8)3-5-10/h6H,2-5,8H2,1H3,(H,9,11). The number of nitrogens with zero attached hydrogens (tertiary/aromatic N) is 1. The van der Waals surface area contributed by atoms with E-state index in [1.54, 1.807) is 11.9 Å². The van der Waals surface area contributed by atoms with Crippen LogP contribution in [0.15, 0.2) is 0 Å². The Bertz CT molecular complexity index is 141. The molecule has 1 rings (SSSR count). The Hall–Kier alpha value is -0.770. The molecule has 0 bridgehead atoms. The molecule has 4 heteroatoms. The van der Waals surface area contributed by atoms with Crippen LogP contribution in [-0.2, 0) is 0 Å². The number of hydrogen-bond donors (Lipinski definition) is 2. The molecule has 4 nitrogen and oxygen atoms in total. The van der Waals surface area contributed by atoms with E-state index in [0.29, 0.717) is 0 Å². The van der Waals surface area contributed by atoms with E-state index in [4.69, 9.17) is 5.73 Å². The van der Waals surface area contributed by atoms with Crippen LogP contribution in [0.1, 0.15) is 12.8 Å². The van der Waals surface area contributed by atoms with Gasteiger partial charge in [-0.2, -0.15) is 0 Å². The van der Waals surface area contributed by atoms with Gasteiger partial charge in [0.25, 0.3) is 0 Å². The highest BCUT2D eigenvalue weighted by molar-refractivity contribution is 5.73. The molecule has 0 aliphatic carbocycles. The van der Waals surface area contributed by atoms with E-state index < -0.39 is 0 Å². The van der Waals surface area contributed by atoms with Crippen molar-refractivity contribution in [1.29, 1.82) is 0 Å². The molecule has 3 N–H and O–H groups in total. The normalized spacial score (nSPS) is 20.0. The van der Waals surface area contributed by atoms with Gasteiger partial charge in [-0.1, -0.05) is 0 Å². The number of nitrogens with two attached hydrogens (primary N) is 1. The predicted octanol–water partition coefficient (Wildman–Crippen LogP) is -0.251. The number of carbonyl (C=O) groups excluding carboxylic acids is 1. The Morgan fingerprint density at radius 1 is 1.55 bits per heavy atom. The van der Waals surface area contributed by atoms with Gasteiger partial charge in [0.15, 0.2) is 0 Å². The number of carbonyl (C=O) groups is 1. The minimum Gasteiger partial charge on any atom is -0.341 e. The second kappa shape index (κ2) is 3.57. The number of nitrogens with one attached hydrogen (secondary N) is 1. The lowest BCUT2D eigenvalue weighted by atomic mass is 10.1. The van der Waals surface area contributed by atoms with Gasteiger partial charge in [-0.15, -0.1) is 0 Å². The largest absolute Gasteiger partial charge is 0.341 e. The molecule has 0 aromatic carbocycles. The average Bonchev–Trinajstić information content (AvgIpc) is 2.05. The van der Waals surface area contributed by atoms with E-state index in [1.165, 1.54) is 0 Å². The number of amides is 2. The summed E-state index contributed by atoms with van der Waals surface area (Å²) in [4.78, 5) is 12.8. The highest BCUT2D eigenvalue weighted by atomic mass is 16.2. The van der Waals surface area contributed by atoms with Crippen molar-refractivity contribution >= 4 is 6.03 Å². The number of rotatable bonds is 0. The summed E-state index contributed by atoms with van der Waals surface area (Å²) in [5, 5.41) is 2.60. The van der Waals surface area contributed by atoms with Crippen LogP contribution in [-0.4, -0.2) is 37.1 Å².